The number of nitro benzene ring substituents is 2. The van der Waals surface area contributed by atoms with Crippen LogP contribution in [0.2, 0.25) is 19.1 Å². The number of oxime groups is 1. The number of amides is 4. The Labute approximate surface area is 369 Å². The van der Waals surface area contributed by atoms with Gasteiger partial charge in [0.1, 0.15) is 29.6 Å². The highest BCUT2D eigenvalue weighted by molar-refractivity contribution is 6.71. The van der Waals surface area contributed by atoms with Crippen LogP contribution in [0.3, 0.4) is 0 Å². The molecule has 24 heteroatoms. The first kappa shape index (κ1) is 48.9. The second-order valence-corrected chi connectivity index (χ2v) is 21.2. The molecular formula is C40H55N9O14Si. The van der Waals surface area contributed by atoms with Gasteiger partial charge >= 0.3 is 0 Å². The SMILES string of the molecule is CCO[Si](C)(C)CCCNC(=O)CCCCCN(C)C(=O)[C@@H]1CCCN1C(=O)[C@@H]1CCCN1C(=O)C(C)ON=C1c2c([N+](=O)[O-])ccc([N+](=O)[O-])c2C2C([N+](=O)[O-])=CC=C([N+](=O)[O-])C12. The van der Waals surface area contributed by atoms with Gasteiger partial charge in [-0.3, -0.25) is 59.6 Å². The Kier molecular flexibility index (Phi) is 16.0. The largest absolute Gasteiger partial charge is 0.418 e. The van der Waals surface area contributed by atoms with Crippen molar-refractivity contribution in [2.75, 3.05) is 39.8 Å². The van der Waals surface area contributed by atoms with Crippen molar-refractivity contribution in [2.24, 2.45) is 11.1 Å². The molecule has 0 saturated carbocycles. The molecule has 0 spiro atoms. The first-order valence-corrected chi connectivity index (χ1v) is 24.6. The number of fused-ring (bicyclic) bond motifs is 3. The third kappa shape index (κ3) is 10.8. The van der Waals surface area contributed by atoms with Gasteiger partial charge in [-0.25, -0.2) is 0 Å². The molecule has 2 aliphatic heterocycles. The normalized spacial score (nSPS) is 21.4. The van der Waals surface area contributed by atoms with Crippen LogP contribution in [0, 0.1) is 46.4 Å². The van der Waals surface area contributed by atoms with Crippen LogP contribution in [0.15, 0.2) is 40.8 Å². The summed E-state index contributed by atoms with van der Waals surface area (Å²) in [4.78, 5) is 109. The summed E-state index contributed by atoms with van der Waals surface area (Å²) in [5.74, 6) is -4.90. The van der Waals surface area contributed by atoms with Crippen LogP contribution >= 0.6 is 0 Å². The summed E-state index contributed by atoms with van der Waals surface area (Å²) in [7, 11) is -0.0295. The van der Waals surface area contributed by atoms with Crippen molar-refractivity contribution >= 4 is 49.0 Å². The van der Waals surface area contributed by atoms with Gasteiger partial charge in [-0.05, 0) is 77.9 Å². The number of rotatable bonds is 21. The van der Waals surface area contributed by atoms with E-state index >= 15 is 0 Å². The van der Waals surface area contributed by atoms with E-state index in [1.807, 2.05) is 6.92 Å². The molecule has 1 N–H and O–H groups in total. The third-order valence-corrected chi connectivity index (χ3v) is 14.8. The molecule has 5 rings (SSSR count). The maximum Gasteiger partial charge on any atom is 0.279 e. The number of nitrogens with zero attached hydrogens (tertiary/aromatic N) is 8. The highest BCUT2D eigenvalue weighted by atomic mass is 28.4. The molecule has 1 aromatic rings. The van der Waals surface area contributed by atoms with Gasteiger partial charge < -0.3 is 29.3 Å². The van der Waals surface area contributed by atoms with Gasteiger partial charge in [0.25, 0.3) is 28.7 Å². The minimum atomic E-state index is -1.74. The molecule has 64 heavy (non-hydrogen) atoms. The third-order valence-electron chi connectivity index (χ3n) is 12.2. The quantitative estimate of drug-likeness (QED) is 0.0774. The average Bonchev–Trinajstić information content (AvgIpc) is 4.01. The number of likely N-dealkylation sites (tertiary alicyclic amines) is 2. The molecule has 23 nitrogen and oxygen atoms in total. The topological polar surface area (TPSA) is 293 Å². The van der Waals surface area contributed by atoms with Crippen LogP contribution in [0.5, 0.6) is 0 Å². The summed E-state index contributed by atoms with van der Waals surface area (Å²) in [5, 5.41) is 55.7. The summed E-state index contributed by atoms with van der Waals surface area (Å²) in [6.07, 6.45) is 5.12. The zero-order valence-corrected chi connectivity index (χ0v) is 37.6. The van der Waals surface area contributed by atoms with E-state index in [1.165, 1.54) is 16.7 Å². The van der Waals surface area contributed by atoms with Crippen molar-refractivity contribution in [2.45, 2.75) is 115 Å². The summed E-state index contributed by atoms with van der Waals surface area (Å²) >= 11 is 0. The second kappa shape index (κ2) is 21.0. The summed E-state index contributed by atoms with van der Waals surface area (Å²) < 4.78 is 5.83. The van der Waals surface area contributed by atoms with Crippen LogP contribution in [0.4, 0.5) is 11.4 Å². The smallest absolute Gasteiger partial charge is 0.279 e. The number of carbonyl (C=O) groups excluding carboxylic acids is 4. The first-order chi connectivity index (χ1) is 30.3. The highest BCUT2D eigenvalue weighted by Gasteiger charge is 2.58. The van der Waals surface area contributed by atoms with Gasteiger partial charge in [0, 0.05) is 70.5 Å². The Hall–Kier alpha value is -6.17. The van der Waals surface area contributed by atoms with E-state index in [4.69, 9.17) is 9.26 Å². The van der Waals surface area contributed by atoms with E-state index in [0.717, 1.165) is 43.2 Å². The number of allylic oxidation sites excluding steroid dienone is 4. The monoisotopic (exact) mass is 913 g/mol. The Morgan fingerprint density at radius 1 is 0.859 bits per heavy atom. The summed E-state index contributed by atoms with van der Waals surface area (Å²) in [5.41, 5.74) is -4.65. The molecule has 2 fully saturated rings. The van der Waals surface area contributed by atoms with E-state index < -0.39 is 109 Å². The zero-order valence-electron chi connectivity index (χ0n) is 36.6. The van der Waals surface area contributed by atoms with Crippen molar-refractivity contribution in [1.29, 1.82) is 0 Å². The number of unbranched alkanes of at least 4 members (excludes halogenated alkanes) is 2. The number of nitro groups is 4. The molecule has 2 heterocycles. The standard InChI is InChI=1S/C40H55N9O14Si/c1-6-62-64(4,5)24-12-20-41-32(50)15-8-7-9-21-43(3)39(52)30-13-10-23-45(30)40(53)31-14-11-22-44(31)38(51)25(2)63-42-37-35-28(48(58)59)18-16-26(46(54)55)33(35)34-27(47(56)57)17-19-29(36(34)37)49(60)61/h16-19,25,30-31,33,35H,6-15,20-24H2,1-5H3,(H,41,50)/t25?,30-,31-,33?,35?/m0/s1. The lowest BCUT2D eigenvalue weighted by Crippen LogP contribution is -2.54. The highest BCUT2D eigenvalue weighted by Crippen LogP contribution is 2.54. The van der Waals surface area contributed by atoms with Gasteiger partial charge in [0.05, 0.1) is 30.8 Å². The molecule has 348 valence electrons. The van der Waals surface area contributed by atoms with Gasteiger partial charge in [0.15, 0.2) is 8.32 Å². The number of benzene rings is 1. The Morgan fingerprint density at radius 3 is 2.09 bits per heavy atom. The molecule has 0 radical (unpaired) electrons. The number of hydrogen-bond acceptors (Lipinski definition) is 15. The van der Waals surface area contributed by atoms with Crippen molar-refractivity contribution in [3.63, 3.8) is 0 Å². The molecular weight excluding hydrogens is 859 g/mol. The van der Waals surface area contributed by atoms with Crippen LogP contribution in [0.1, 0.15) is 88.7 Å². The predicted molar refractivity (Wildman–Crippen MR) is 230 cm³/mol. The van der Waals surface area contributed by atoms with E-state index in [9.17, 15) is 59.6 Å². The molecule has 3 unspecified atom stereocenters. The van der Waals surface area contributed by atoms with E-state index in [1.54, 1.807) is 11.9 Å². The van der Waals surface area contributed by atoms with Crippen molar-refractivity contribution < 1.29 is 48.1 Å². The Bertz CT molecular complexity index is 2150. The molecule has 0 aromatic heterocycles. The molecule has 0 bridgehead atoms. The number of carbonyl (C=O) groups is 4. The Morgan fingerprint density at radius 2 is 1.47 bits per heavy atom. The molecule has 1 aromatic carbocycles. The van der Waals surface area contributed by atoms with E-state index in [0.29, 0.717) is 64.8 Å². The van der Waals surface area contributed by atoms with Crippen LogP contribution in [-0.2, 0) is 28.4 Å². The fraction of sp³-hybridized carbons (Fsp3) is 0.625. The van der Waals surface area contributed by atoms with Gasteiger partial charge in [-0.15, -0.1) is 0 Å². The number of likely N-dealkylation sites (N-methyl/N-ethyl adjacent to an activating group) is 1. The van der Waals surface area contributed by atoms with Crippen molar-refractivity contribution in [1.82, 2.24) is 20.0 Å². The van der Waals surface area contributed by atoms with Crippen LogP contribution < -0.4 is 5.32 Å². The van der Waals surface area contributed by atoms with Gasteiger partial charge in [-0.1, -0.05) is 11.6 Å². The van der Waals surface area contributed by atoms with Crippen molar-refractivity contribution in [3.05, 3.63) is 87.3 Å². The van der Waals surface area contributed by atoms with Crippen LogP contribution in [0.25, 0.3) is 0 Å². The number of nitrogens with one attached hydrogen (secondary N) is 1. The molecule has 2 aliphatic carbocycles. The lowest BCUT2D eigenvalue weighted by molar-refractivity contribution is -0.445. The minimum absolute atomic E-state index is 0.0134. The maximum atomic E-state index is 14.1. The van der Waals surface area contributed by atoms with Gasteiger partial charge in [-0.2, -0.15) is 0 Å². The van der Waals surface area contributed by atoms with Crippen molar-refractivity contribution in [3.8, 4) is 0 Å². The van der Waals surface area contributed by atoms with Gasteiger partial charge in [0.2, 0.25) is 23.8 Å². The molecule has 4 aliphatic rings. The van der Waals surface area contributed by atoms with E-state index in [-0.39, 0.29) is 24.8 Å². The maximum absolute atomic E-state index is 14.1. The summed E-state index contributed by atoms with van der Waals surface area (Å²) in [6, 6.07) is 0.825. The fourth-order valence-corrected chi connectivity index (χ4v) is 11.0. The molecule has 2 saturated heterocycles. The lowest BCUT2D eigenvalue weighted by Gasteiger charge is -2.33. The summed E-state index contributed by atoms with van der Waals surface area (Å²) in [6.45, 7) is 9.72. The van der Waals surface area contributed by atoms with Crippen LogP contribution in [-0.4, -0.2) is 130 Å². The molecule has 4 amide bonds. The Balaban J connectivity index is 1.22. The average molecular weight is 914 g/mol. The fourth-order valence-electron chi connectivity index (χ4n) is 9.08. The lowest BCUT2D eigenvalue weighted by atomic mass is 9.82. The zero-order chi connectivity index (χ0) is 47.0. The molecule has 5 atom stereocenters. The predicted octanol–water partition coefficient (Wildman–Crippen LogP) is 4.41. The first-order valence-electron chi connectivity index (χ1n) is 21.5. The minimum Gasteiger partial charge on any atom is -0.418 e. The number of hydrogen-bond donors (Lipinski definition) is 1. The van der Waals surface area contributed by atoms with E-state index in [2.05, 4.69) is 23.6 Å². The second-order valence-electron chi connectivity index (χ2n) is 16.9.